The van der Waals surface area contributed by atoms with E-state index in [1.54, 1.807) is 32.0 Å². The lowest BCUT2D eigenvalue weighted by atomic mass is 10.0. The van der Waals surface area contributed by atoms with Gasteiger partial charge in [0.15, 0.2) is 11.4 Å². The Bertz CT molecular complexity index is 786. The van der Waals surface area contributed by atoms with Gasteiger partial charge in [0.25, 0.3) is 5.91 Å². The van der Waals surface area contributed by atoms with E-state index in [0.29, 0.717) is 28.3 Å². The molecule has 0 saturated carbocycles. The lowest BCUT2D eigenvalue weighted by Gasteiger charge is -2.10. The second-order valence-corrected chi connectivity index (χ2v) is 5.29. The van der Waals surface area contributed by atoms with Crippen molar-refractivity contribution in [2.45, 2.75) is 20.5 Å². The number of benzene rings is 1. The van der Waals surface area contributed by atoms with Gasteiger partial charge in [-0.25, -0.2) is 0 Å². The lowest BCUT2D eigenvalue weighted by Crippen LogP contribution is -2.29. The second-order valence-electron chi connectivity index (χ2n) is 5.29. The Hall–Kier alpha value is -3.43. The van der Waals surface area contributed by atoms with Crippen LogP contribution in [0.1, 0.15) is 25.0 Å². The molecule has 0 radical (unpaired) electrons. The summed E-state index contributed by atoms with van der Waals surface area (Å²) in [6.45, 7) is 3.49. The number of nitrogens with one attached hydrogen (secondary N) is 1. The molecule has 1 N–H and O–H groups in total. The molecule has 0 aromatic heterocycles. The van der Waals surface area contributed by atoms with Crippen molar-refractivity contribution in [3.05, 3.63) is 35.4 Å². The highest BCUT2D eigenvalue weighted by atomic mass is 16.6. The van der Waals surface area contributed by atoms with Gasteiger partial charge in [0.1, 0.15) is 39.4 Å². The SMILES string of the molecule is CNC(=O)/C(=N/OC)c1ccccc1CO/N=C(C)/C(=N/OC)C(/C)=N\OC. The average molecular weight is 391 g/mol. The van der Waals surface area contributed by atoms with Crippen LogP contribution in [-0.2, 0) is 30.8 Å². The first-order valence-corrected chi connectivity index (χ1v) is 8.27. The molecule has 0 spiro atoms. The van der Waals surface area contributed by atoms with Gasteiger partial charge in [0.05, 0.1) is 0 Å². The number of carbonyl (C=O) groups is 1. The summed E-state index contributed by atoms with van der Waals surface area (Å²) in [5.74, 6) is -0.380. The number of likely N-dealkylation sites (N-methyl/N-ethyl adjacent to an activating group) is 1. The molecule has 10 nitrogen and oxygen atoms in total. The summed E-state index contributed by atoms with van der Waals surface area (Å²) < 4.78 is 0. The number of hydrogen-bond donors (Lipinski definition) is 1. The minimum absolute atomic E-state index is 0.0912. The number of carbonyl (C=O) groups excluding carboxylic acids is 1. The zero-order valence-corrected chi connectivity index (χ0v) is 16.8. The highest BCUT2D eigenvalue weighted by molar-refractivity contribution is 6.67. The van der Waals surface area contributed by atoms with E-state index in [2.05, 4.69) is 25.9 Å². The summed E-state index contributed by atoms with van der Waals surface area (Å²) in [6.07, 6.45) is 0. The maximum Gasteiger partial charge on any atom is 0.273 e. The quantitative estimate of drug-likeness (QED) is 0.481. The summed E-state index contributed by atoms with van der Waals surface area (Å²) >= 11 is 0. The van der Waals surface area contributed by atoms with Crippen molar-refractivity contribution in [2.75, 3.05) is 28.4 Å². The molecule has 10 heteroatoms. The molecule has 0 unspecified atom stereocenters. The smallest absolute Gasteiger partial charge is 0.273 e. The van der Waals surface area contributed by atoms with Crippen molar-refractivity contribution in [2.24, 2.45) is 20.6 Å². The molecule has 0 heterocycles. The van der Waals surface area contributed by atoms with Gasteiger partial charge in [-0.3, -0.25) is 4.79 Å². The van der Waals surface area contributed by atoms with Crippen LogP contribution in [0.4, 0.5) is 0 Å². The van der Waals surface area contributed by atoms with Crippen LogP contribution in [0.2, 0.25) is 0 Å². The minimum Gasteiger partial charge on any atom is -0.399 e. The van der Waals surface area contributed by atoms with Gasteiger partial charge in [-0.15, -0.1) is 0 Å². The van der Waals surface area contributed by atoms with Gasteiger partial charge in [0, 0.05) is 18.2 Å². The summed E-state index contributed by atoms with van der Waals surface area (Å²) in [6, 6.07) is 7.15. The summed E-state index contributed by atoms with van der Waals surface area (Å²) in [5, 5.41) is 18.1. The third kappa shape index (κ3) is 6.38. The molecular formula is C18H25N5O5. The number of hydrogen-bond acceptors (Lipinski definition) is 9. The van der Waals surface area contributed by atoms with Crippen LogP contribution in [0.25, 0.3) is 0 Å². The topological polar surface area (TPSA) is 115 Å². The first kappa shape index (κ1) is 22.6. The van der Waals surface area contributed by atoms with Crippen molar-refractivity contribution in [1.29, 1.82) is 0 Å². The Balaban J connectivity index is 3.06. The number of amides is 1. The van der Waals surface area contributed by atoms with Gasteiger partial charge in [-0.05, 0) is 13.8 Å². The Kier molecular flexibility index (Phi) is 9.73. The van der Waals surface area contributed by atoms with Crippen LogP contribution in [0.5, 0.6) is 0 Å². The van der Waals surface area contributed by atoms with Crippen LogP contribution in [0.15, 0.2) is 44.9 Å². The van der Waals surface area contributed by atoms with Crippen molar-refractivity contribution in [1.82, 2.24) is 5.32 Å². The van der Waals surface area contributed by atoms with Crippen LogP contribution >= 0.6 is 0 Å². The molecular weight excluding hydrogens is 366 g/mol. The second kappa shape index (κ2) is 12.0. The average Bonchev–Trinajstić information content (AvgIpc) is 2.70. The largest absolute Gasteiger partial charge is 0.399 e. The standard InChI is InChI=1S/C18H25N5O5/c1-12(20-25-4)16(22-26-5)13(2)21-28-11-14-9-7-8-10-15(14)17(23-27-6)18(24)19-3/h7-10H,11H2,1-6H3,(H,19,24)/b20-12-,21-13+,22-16+,23-17+. The summed E-state index contributed by atoms with van der Waals surface area (Å²) in [7, 11) is 5.73. The molecule has 0 atom stereocenters. The van der Waals surface area contributed by atoms with Crippen molar-refractivity contribution in [3.8, 4) is 0 Å². The Morgan fingerprint density at radius 3 is 2.14 bits per heavy atom. The fraction of sp³-hybridized carbons (Fsp3) is 0.389. The zero-order valence-electron chi connectivity index (χ0n) is 16.8. The number of rotatable bonds is 10. The molecule has 0 aliphatic heterocycles. The van der Waals surface area contributed by atoms with Gasteiger partial charge in [-0.1, -0.05) is 44.9 Å². The van der Waals surface area contributed by atoms with Crippen molar-refractivity contribution in [3.63, 3.8) is 0 Å². The van der Waals surface area contributed by atoms with Crippen molar-refractivity contribution >= 4 is 28.8 Å². The lowest BCUT2D eigenvalue weighted by molar-refractivity contribution is -0.114. The highest BCUT2D eigenvalue weighted by Gasteiger charge is 2.17. The Morgan fingerprint density at radius 2 is 1.54 bits per heavy atom. The molecule has 0 saturated heterocycles. The van der Waals surface area contributed by atoms with Gasteiger partial charge in [-0.2, -0.15) is 0 Å². The van der Waals surface area contributed by atoms with E-state index >= 15 is 0 Å². The molecule has 28 heavy (non-hydrogen) atoms. The fourth-order valence-corrected chi connectivity index (χ4v) is 2.21. The van der Waals surface area contributed by atoms with E-state index in [4.69, 9.17) is 19.4 Å². The van der Waals surface area contributed by atoms with Crippen molar-refractivity contribution < 1.29 is 24.1 Å². The third-order valence-electron chi connectivity index (χ3n) is 3.41. The Morgan fingerprint density at radius 1 is 0.929 bits per heavy atom. The monoisotopic (exact) mass is 391 g/mol. The molecule has 0 aliphatic rings. The van der Waals surface area contributed by atoms with E-state index in [1.165, 1.54) is 28.4 Å². The molecule has 1 rings (SSSR count). The molecule has 1 amide bonds. The third-order valence-corrected chi connectivity index (χ3v) is 3.41. The van der Waals surface area contributed by atoms with E-state index < -0.39 is 0 Å². The molecule has 0 fully saturated rings. The van der Waals surface area contributed by atoms with E-state index in [-0.39, 0.29) is 18.2 Å². The van der Waals surface area contributed by atoms with Gasteiger partial charge >= 0.3 is 0 Å². The number of oxime groups is 4. The predicted octanol–water partition coefficient (Wildman–Crippen LogP) is 1.70. The molecule has 0 aliphatic carbocycles. The van der Waals surface area contributed by atoms with Gasteiger partial charge < -0.3 is 24.7 Å². The molecule has 152 valence electrons. The minimum atomic E-state index is -0.380. The predicted molar refractivity (Wildman–Crippen MR) is 107 cm³/mol. The maximum atomic E-state index is 12.1. The van der Waals surface area contributed by atoms with E-state index in [1.807, 2.05) is 6.07 Å². The first-order valence-electron chi connectivity index (χ1n) is 8.27. The van der Waals surface area contributed by atoms with Crippen LogP contribution < -0.4 is 5.32 Å². The van der Waals surface area contributed by atoms with Crippen LogP contribution in [0, 0.1) is 0 Å². The van der Waals surface area contributed by atoms with E-state index in [9.17, 15) is 4.79 Å². The summed E-state index contributed by atoms with van der Waals surface area (Å²) in [5.41, 5.74) is 2.70. The Labute approximate surface area is 163 Å². The molecule has 1 aromatic carbocycles. The normalized spacial score (nSPS) is 13.1. The first-order chi connectivity index (χ1) is 13.5. The number of nitrogens with zero attached hydrogens (tertiary/aromatic N) is 4. The molecule has 1 aromatic rings. The van der Waals surface area contributed by atoms with Crippen LogP contribution in [0.3, 0.4) is 0 Å². The van der Waals surface area contributed by atoms with E-state index in [0.717, 1.165) is 0 Å². The zero-order chi connectivity index (χ0) is 20.9. The van der Waals surface area contributed by atoms with Crippen LogP contribution in [-0.4, -0.2) is 57.1 Å². The summed E-state index contributed by atoms with van der Waals surface area (Å²) in [4.78, 5) is 31.9. The fourth-order valence-electron chi connectivity index (χ4n) is 2.21. The highest BCUT2D eigenvalue weighted by Crippen LogP contribution is 2.13. The van der Waals surface area contributed by atoms with Gasteiger partial charge in [0.2, 0.25) is 0 Å². The molecule has 0 bridgehead atoms. The maximum absolute atomic E-state index is 12.1.